The molecule has 0 saturated heterocycles. The summed E-state index contributed by atoms with van der Waals surface area (Å²) in [4.78, 5) is 9.72. The van der Waals surface area contributed by atoms with Gasteiger partial charge in [0.15, 0.2) is 5.96 Å². The third kappa shape index (κ3) is 5.08. The summed E-state index contributed by atoms with van der Waals surface area (Å²) in [5, 5.41) is 9.28. The lowest BCUT2D eigenvalue weighted by Gasteiger charge is -2.10. The fourth-order valence-corrected chi connectivity index (χ4v) is 3.18. The van der Waals surface area contributed by atoms with Crippen LogP contribution in [0.1, 0.15) is 11.3 Å². The van der Waals surface area contributed by atoms with E-state index in [1.54, 1.807) is 24.6 Å². The molecule has 0 unspecified atom stereocenters. The van der Waals surface area contributed by atoms with Crippen LogP contribution >= 0.6 is 22.9 Å². The Kier molecular flexibility index (Phi) is 6.09. The van der Waals surface area contributed by atoms with E-state index in [1.165, 1.54) is 5.56 Å². The summed E-state index contributed by atoms with van der Waals surface area (Å²) in [5.41, 5.74) is 2.02. The SMILES string of the molecule is CN=C(NCCc1cccc(Cl)c1)NCc1coc(-c2cccs2)n1. The monoisotopic (exact) mass is 374 g/mol. The number of nitrogens with one attached hydrogen (secondary N) is 2. The number of nitrogens with zero attached hydrogens (tertiary/aromatic N) is 2. The number of aromatic nitrogens is 1. The number of thiophene rings is 1. The molecule has 2 aromatic heterocycles. The van der Waals surface area contributed by atoms with Crippen LogP contribution in [0.2, 0.25) is 5.02 Å². The molecule has 0 saturated carbocycles. The summed E-state index contributed by atoms with van der Waals surface area (Å²) in [7, 11) is 1.74. The van der Waals surface area contributed by atoms with E-state index in [4.69, 9.17) is 16.0 Å². The second kappa shape index (κ2) is 8.69. The maximum Gasteiger partial charge on any atom is 0.236 e. The lowest BCUT2D eigenvalue weighted by Crippen LogP contribution is -2.37. The molecular weight excluding hydrogens is 356 g/mol. The van der Waals surface area contributed by atoms with Crippen molar-refractivity contribution in [3.05, 3.63) is 64.3 Å². The fourth-order valence-electron chi connectivity index (χ4n) is 2.31. The second-order valence-electron chi connectivity index (χ2n) is 5.35. The third-order valence-corrected chi connectivity index (χ3v) is 4.63. The van der Waals surface area contributed by atoms with Gasteiger partial charge in [0, 0.05) is 18.6 Å². The zero-order valence-corrected chi connectivity index (χ0v) is 15.4. The van der Waals surface area contributed by atoms with Crippen LogP contribution in [-0.4, -0.2) is 24.5 Å². The zero-order valence-electron chi connectivity index (χ0n) is 13.8. The molecule has 1 aromatic carbocycles. The first-order chi connectivity index (χ1) is 12.2. The van der Waals surface area contributed by atoms with Gasteiger partial charge < -0.3 is 15.1 Å². The second-order valence-corrected chi connectivity index (χ2v) is 6.74. The van der Waals surface area contributed by atoms with Gasteiger partial charge in [-0.15, -0.1) is 11.3 Å². The number of aliphatic imine (C=N–C) groups is 1. The first kappa shape index (κ1) is 17.5. The maximum absolute atomic E-state index is 6.00. The Bertz CT molecular complexity index is 829. The van der Waals surface area contributed by atoms with Crippen LogP contribution in [0.25, 0.3) is 10.8 Å². The van der Waals surface area contributed by atoms with Crippen molar-refractivity contribution in [3.63, 3.8) is 0 Å². The van der Waals surface area contributed by atoms with Gasteiger partial charge >= 0.3 is 0 Å². The van der Waals surface area contributed by atoms with Crippen molar-refractivity contribution >= 4 is 28.9 Å². The maximum atomic E-state index is 6.00. The number of hydrogen-bond acceptors (Lipinski definition) is 4. The number of oxazole rings is 1. The Morgan fingerprint density at radius 2 is 2.20 bits per heavy atom. The van der Waals surface area contributed by atoms with E-state index >= 15 is 0 Å². The van der Waals surface area contributed by atoms with E-state index < -0.39 is 0 Å². The van der Waals surface area contributed by atoms with Crippen molar-refractivity contribution in [2.45, 2.75) is 13.0 Å². The van der Waals surface area contributed by atoms with Gasteiger partial charge in [0.2, 0.25) is 5.89 Å². The lowest BCUT2D eigenvalue weighted by molar-refractivity contribution is 0.573. The van der Waals surface area contributed by atoms with Crippen LogP contribution in [0.15, 0.2) is 57.5 Å². The van der Waals surface area contributed by atoms with Gasteiger partial charge in [0.25, 0.3) is 0 Å². The molecule has 0 aliphatic carbocycles. The van der Waals surface area contributed by atoms with Crippen LogP contribution in [0.5, 0.6) is 0 Å². The average molecular weight is 375 g/mol. The van der Waals surface area contributed by atoms with E-state index in [0.717, 1.165) is 34.5 Å². The summed E-state index contributed by atoms with van der Waals surface area (Å²) in [6.07, 6.45) is 2.54. The summed E-state index contributed by atoms with van der Waals surface area (Å²) < 4.78 is 5.51. The van der Waals surface area contributed by atoms with Crippen LogP contribution in [0.3, 0.4) is 0 Å². The van der Waals surface area contributed by atoms with Crippen molar-refractivity contribution in [2.75, 3.05) is 13.6 Å². The zero-order chi connectivity index (χ0) is 17.5. The summed E-state index contributed by atoms with van der Waals surface area (Å²) in [5.74, 6) is 1.37. The van der Waals surface area contributed by atoms with Crippen LogP contribution in [0.4, 0.5) is 0 Å². The van der Waals surface area contributed by atoms with Gasteiger partial charge in [-0.2, -0.15) is 0 Å². The molecule has 2 N–H and O–H groups in total. The van der Waals surface area contributed by atoms with Crippen molar-refractivity contribution < 1.29 is 4.42 Å². The number of hydrogen-bond donors (Lipinski definition) is 2. The number of benzene rings is 1. The first-order valence-corrected chi connectivity index (χ1v) is 9.17. The van der Waals surface area contributed by atoms with Gasteiger partial charge in [-0.25, -0.2) is 4.98 Å². The van der Waals surface area contributed by atoms with E-state index in [2.05, 4.69) is 26.7 Å². The summed E-state index contributed by atoms with van der Waals surface area (Å²) >= 11 is 7.60. The molecule has 0 amide bonds. The highest BCUT2D eigenvalue weighted by Gasteiger charge is 2.08. The number of rotatable bonds is 6. The van der Waals surface area contributed by atoms with Crippen molar-refractivity contribution in [2.24, 2.45) is 4.99 Å². The largest absolute Gasteiger partial charge is 0.443 e. The lowest BCUT2D eigenvalue weighted by atomic mass is 10.1. The highest BCUT2D eigenvalue weighted by atomic mass is 35.5. The quantitative estimate of drug-likeness (QED) is 0.506. The Hall–Kier alpha value is -2.31. The standard InChI is InChI=1S/C18H19ClN4OS/c1-20-18(21-8-7-13-4-2-5-14(19)10-13)22-11-15-12-24-17(23-15)16-6-3-9-25-16/h2-6,9-10,12H,7-8,11H2,1H3,(H2,20,21,22). The third-order valence-electron chi connectivity index (χ3n) is 3.54. The predicted octanol–water partition coefficient (Wildman–Crippen LogP) is 3.96. The Morgan fingerprint density at radius 3 is 2.96 bits per heavy atom. The molecule has 0 spiro atoms. The molecule has 0 aliphatic rings. The number of halogens is 1. The van der Waals surface area contributed by atoms with Crippen molar-refractivity contribution in [3.8, 4) is 10.8 Å². The Morgan fingerprint density at radius 1 is 1.28 bits per heavy atom. The molecule has 7 heteroatoms. The summed E-state index contributed by atoms with van der Waals surface area (Å²) in [6.45, 7) is 1.31. The molecule has 3 aromatic rings. The highest BCUT2D eigenvalue weighted by molar-refractivity contribution is 7.13. The smallest absolute Gasteiger partial charge is 0.236 e. The van der Waals surface area contributed by atoms with Crippen LogP contribution in [-0.2, 0) is 13.0 Å². The molecular formula is C18H19ClN4OS. The molecule has 3 rings (SSSR count). The predicted molar refractivity (Wildman–Crippen MR) is 103 cm³/mol. The van der Waals surface area contributed by atoms with E-state index in [1.807, 2.05) is 35.7 Å². The fraction of sp³-hybridized carbons (Fsp3) is 0.222. The average Bonchev–Trinajstić information content (AvgIpc) is 3.29. The topological polar surface area (TPSA) is 62.5 Å². The Labute approximate surface area is 155 Å². The molecule has 130 valence electrons. The van der Waals surface area contributed by atoms with Gasteiger partial charge in [0.05, 0.1) is 17.1 Å². The minimum atomic E-state index is 0.547. The molecule has 25 heavy (non-hydrogen) atoms. The van der Waals surface area contributed by atoms with E-state index in [0.29, 0.717) is 12.4 Å². The minimum absolute atomic E-state index is 0.547. The molecule has 0 aliphatic heterocycles. The van der Waals surface area contributed by atoms with Gasteiger partial charge in [0.1, 0.15) is 6.26 Å². The van der Waals surface area contributed by atoms with Crippen molar-refractivity contribution in [1.29, 1.82) is 0 Å². The molecule has 5 nitrogen and oxygen atoms in total. The first-order valence-electron chi connectivity index (χ1n) is 7.92. The normalized spacial score (nSPS) is 11.5. The summed E-state index contributed by atoms with van der Waals surface area (Å²) in [6, 6.07) is 11.8. The highest BCUT2D eigenvalue weighted by Crippen LogP contribution is 2.23. The molecule has 0 fully saturated rings. The van der Waals surface area contributed by atoms with Gasteiger partial charge in [-0.05, 0) is 35.6 Å². The molecule has 0 bridgehead atoms. The van der Waals surface area contributed by atoms with E-state index in [-0.39, 0.29) is 0 Å². The molecule has 0 atom stereocenters. The Balaban J connectivity index is 1.46. The van der Waals surface area contributed by atoms with Gasteiger partial charge in [-0.1, -0.05) is 29.8 Å². The number of guanidine groups is 1. The van der Waals surface area contributed by atoms with E-state index in [9.17, 15) is 0 Å². The minimum Gasteiger partial charge on any atom is -0.443 e. The van der Waals surface area contributed by atoms with Crippen LogP contribution in [0, 0.1) is 0 Å². The molecule has 0 radical (unpaired) electrons. The van der Waals surface area contributed by atoms with Crippen LogP contribution < -0.4 is 10.6 Å². The molecule has 2 heterocycles. The van der Waals surface area contributed by atoms with Gasteiger partial charge in [-0.3, -0.25) is 4.99 Å². The van der Waals surface area contributed by atoms with Crippen molar-refractivity contribution in [1.82, 2.24) is 15.6 Å².